The number of carbonyl (C=O) groups is 1. The maximum atomic E-state index is 11.9. The molecule has 0 aromatic heterocycles. The summed E-state index contributed by atoms with van der Waals surface area (Å²) >= 11 is 3.41. The van der Waals surface area contributed by atoms with Gasteiger partial charge in [0.25, 0.3) is 5.91 Å². The van der Waals surface area contributed by atoms with Gasteiger partial charge in [-0.25, -0.2) is 5.43 Å². The molecule has 21 heavy (non-hydrogen) atoms. The summed E-state index contributed by atoms with van der Waals surface area (Å²) in [6.07, 6.45) is 7.93. The zero-order valence-corrected chi connectivity index (χ0v) is 13.8. The summed E-state index contributed by atoms with van der Waals surface area (Å²) in [4.78, 5) is 14.1. The Morgan fingerprint density at radius 2 is 1.95 bits per heavy atom. The maximum Gasteiger partial charge on any atom is 0.254 e. The summed E-state index contributed by atoms with van der Waals surface area (Å²) < 4.78 is 0.999. The molecule has 0 unspecified atom stereocenters. The van der Waals surface area contributed by atoms with Crippen LogP contribution in [0.3, 0.4) is 0 Å². The summed E-state index contributed by atoms with van der Waals surface area (Å²) in [5.41, 5.74) is 3.56. The van der Waals surface area contributed by atoms with Gasteiger partial charge in [-0.2, -0.15) is 5.10 Å². The highest BCUT2D eigenvalue weighted by Crippen LogP contribution is 2.10. The van der Waals surface area contributed by atoms with Crippen LogP contribution < -0.4 is 5.43 Å². The van der Waals surface area contributed by atoms with E-state index in [4.69, 9.17) is 0 Å². The van der Waals surface area contributed by atoms with Crippen molar-refractivity contribution in [2.24, 2.45) is 5.10 Å². The van der Waals surface area contributed by atoms with E-state index >= 15 is 0 Å². The number of rotatable bonds is 4. The van der Waals surface area contributed by atoms with Crippen LogP contribution in [0.1, 0.15) is 37.7 Å². The summed E-state index contributed by atoms with van der Waals surface area (Å²) in [6.45, 7) is 2.47. The standard InChI is InChI=1S/C16H22BrN3O/c17-15-8-6-7-14(11-15)12-18-19-16(21)13-20-9-4-2-1-3-5-10-20/h6-8,11-12H,1-5,9-10,13H2,(H,19,21)/b18-12+. The van der Waals surface area contributed by atoms with Gasteiger partial charge >= 0.3 is 0 Å². The van der Waals surface area contributed by atoms with E-state index in [0.717, 1.165) is 23.1 Å². The van der Waals surface area contributed by atoms with Crippen molar-refractivity contribution in [2.75, 3.05) is 19.6 Å². The molecule has 2 rings (SSSR count). The van der Waals surface area contributed by atoms with Crippen LogP contribution in [0.5, 0.6) is 0 Å². The predicted molar refractivity (Wildman–Crippen MR) is 89.4 cm³/mol. The van der Waals surface area contributed by atoms with Crippen LogP contribution in [0.25, 0.3) is 0 Å². The number of carbonyl (C=O) groups excluding carboxylic acids is 1. The van der Waals surface area contributed by atoms with Gasteiger partial charge in [0, 0.05) is 4.47 Å². The number of likely N-dealkylation sites (tertiary alicyclic amines) is 1. The van der Waals surface area contributed by atoms with E-state index in [1.807, 2.05) is 24.3 Å². The lowest BCUT2D eigenvalue weighted by Crippen LogP contribution is -2.37. The van der Waals surface area contributed by atoms with Crippen molar-refractivity contribution in [3.8, 4) is 0 Å². The monoisotopic (exact) mass is 351 g/mol. The van der Waals surface area contributed by atoms with Gasteiger partial charge in [0.2, 0.25) is 0 Å². The van der Waals surface area contributed by atoms with E-state index in [2.05, 4.69) is 31.4 Å². The van der Waals surface area contributed by atoms with Gasteiger partial charge in [-0.3, -0.25) is 9.69 Å². The first-order valence-electron chi connectivity index (χ1n) is 7.54. The van der Waals surface area contributed by atoms with Gasteiger partial charge in [-0.15, -0.1) is 0 Å². The molecule has 0 saturated carbocycles. The van der Waals surface area contributed by atoms with E-state index < -0.39 is 0 Å². The Balaban J connectivity index is 1.76. The van der Waals surface area contributed by atoms with Crippen molar-refractivity contribution < 1.29 is 4.79 Å². The van der Waals surface area contributed by atoms with E-state index in [1.54, 1.807) is 6.21 Å². The molecule has 1 aromatic carbocycles. The molecular formula is C16H22BrN3O. The van der Waals surface area contributed by atoms with Gasteiger partial charge in [-0.1, -0.05) is 47.3 Å². The maximum absolute atomic E-state index is 11.9. The van der Waals surface area contributed by atoms with Crippen LogP contribution in [-0.4, -0.2) is 36.7 Å². The Hall–Kier alpha value is -1.20. The van der Waals surface area contributed by atoms with Crippen LogP contribution in [0.2, 0.25) is 0 Å². The Bertz CT molecular complexity index is 482. The van der Waals surface area contributed by atoms with Crippen LogP contribution in [0.4, 0.5) is 0 Å². The first-order valence-corrected chi connectivity index (χ1v) is 8.33. The lowest BCUT2D eigenvalue weighted by molar-refractivity contribution is -0.122. The highest BCUT2D eigenvalue weighted by atomic mass is 79.9. The van der Waals surface area contributed by atoms with Gasteiger partial charge in [0.05, 0.1) is 12.8 Å². The molecule has 0 radical (unpaired) electrons. The molecule has 1 amide bonds. The Labute approximate surface area is 134 Å². The number of hydrogen-bond acceptors (Lipinski definition) is 3. The third kappa shape index (κ3) is 6.40. The second kappa shape index (κ2) is 8.95. The molecule has 0 bridgehead atoms. The molecule has 1 N–H and O–H groups in total. The molecule has 1 aliphatic rings. The molecule has 5 heteroatoms. The Kier molecular flexibility index (Phi) is 6.89. The number of halogens is 1. The Morgan fingerprint density at radius 3 is 2.67 bits per heavy atom. The number of nitrogens with one attached hydrogen (secondary N) is 1. The first-order chi connectivity index (χ1) is 10.2. The number of hydrogen-bond donors (Lipinski definition) is 1. The highest BCUT2D eigenvalue weighted by molar-refractivity contribution is 9.10. The first kappa shape index (κ1) is 16.2. The molecule has 0 atom stereocenters. The van der Waals surface area contributed by atoms with Crippen LogP contribution >= 0.6 is 15.9 Å². The normalized spacial score (nSPS) is 17.4. The molecule has 1 heterocycles. The highest BCUT2D eigenvalue weighted by Gasteiger charge is 2.11. The minimum Gasteiger partial charge on any atom is -0.294 e. The quantitative estimate of drug-likeness (QED) is 0.668. The summed E-state index contributed by atoms with van der Waals surface area (Å²) in [7, 11) is 0. The van der Waals surface area contributed by atoms with Crippen molar-refractivity contribution >= 4 is 28.1 Å². The molecule has 1 aliphatic heterocycles. The second-order valence-corrected chi connectivity index (χ2v) is 6.31. The zero-order chi connectivity index (χ0) is 14.9. The lowest BCUT2D eigenvalue weighted by atomic mass is 10.1. The average Bonchev–Trinajstić information content (AvgIpc) is 2.42. The fourth-order valence-electron chi connectivity index (χ4n) is 2.48. The molecule has 0 spiro atoms. The largest absolute Gasteiger partial charge is 0.294 e. The molecule has 114 valence electrons. The molecule has 1 saturated heterocycles. The summed E-state index contributed by atoms with van der Waals surface area (Å²) in [5.74, 6) is -0.0400. The number of benzene rings is 1. The molecule has 1 aromatic rings. The SMILES string of the molecule is O=C(CN1CCCCCCC1)N/N=C/c1cccc(Br)c1. The van der Waals surface area contributed by atoms with E-state index in [0.29, 0.717) is 6.54 Å². The third-order valence-corrected chi connectivity index (χ3v) is 4.06. The van der Waals surface area contributed by atoms with Gasteiger partial charge in [0.1, 0.15) is 0 Å². The van der Waals surface area contributed by atoms with E-state index in [-0.39, 0.29) is 5.91 Å². The average molecular weight is 352 g/mol. The van der Waals surface area contributed by atoms with Crippen molar-refractivity contribution in [1.29, 1.82) is 0 Å². The zero-order valence-electron chi connectivity index (χ0n) is 12.2. The van der Waals surface area contributed by atoms with Crippen molar-refractivity contribution in [3.05, 3.63) is 34.3 Å². The second-order valence-electron chi connectivity index (χ2n) is 5.39. The fraction of sp³-hybridized carbons (Fsp3) is 0.500. The number of amides is 1. The molecule has 1 fully saturated rings. The Morgan fingerprint density at radius 1 is 1.24 bits per heavy atom. The minimum absolute atomic E-state index is 0.0400. The minimum atomic E-state index is -0.0400. The third-order valence-electron chi connectivity index (χ3n) is 3.57. The molecule has 4 nitrogen and oxygen atoms in total. The van der Waals surface area contributed by atoms with Gasteiger partial charge < -0.3 is 0 Å². The van der Waals surface area contributed by atoms with E-state index in [9.17, 15) is 4.79 Å². The van der Waals surface area contributed by atoms with E-state index in [1.165, 1.54) is 32.1 Å². The lowest BCUT2D eigenvalue weighted by Gasteiger charge is -2.23. The molecular weight excluding hydrogens is 330 g/mol. The van der Waals surface area contributed by atoms with Gasteiger partial charge in [0.15, 0.2) is 0 Å². The topological polar surface area (TPSA) is 44.7 Å². The smallest absolute Gasteiger partial charge is 0.254 e. The van der Waals surface area contributed by atoms with Crippen LogP contribution in [0, 0.1) is 0 Å². The number of nitrogens with zero attached hydrogens (tertiary/aromatic N) is 2. The summed E-state index contributed by atoms with van der Waals surface area (Å²) in [6, 6.07) is 7.79. The van der Waals surface area contributed by atoms with Crippen LogP contribution in [-0.2, 0) is 4.79 Å². The van der Waals surface area contributed by atoms with Crippen molar-refractivity contribution in [1.82, 2.24) is 10.3 Å². The molecule has 0 aliphatic carbocycles. The summed E-state index contributed by atoms with van der Waals surface area (Å²) in [5, 5.41) is 4.02. The fourth-order valence-corrected chi connectivity index (χ4v) is 2.89. The van der Waals surface area contributed by atoms with Crippen LogP contribution in [0.15, 0.2) is 33.8 Å². The predicted octanol–water partition coefficient (Wildman–Crippen LogP) is 3.17. The van der Waals surface area contributed by atoms with Crippen molar-refractivity contribution in [2.45, 2.75) is 32.1 Å². The van der Waals surface area contributed by atoms with Crippen molar-refractivity contribution in [3.63, 3.8) is 0 Å². The van der Waals surface area contributed by atoms with Gasteiger partial charge in [-0.05, 0) is 43.6 Å². The number of hydrazone groups is 1.